The number of hydrogen-bond acceptors (Lipinski definition) is 2. The summed E-state index contributed by atoms with van der Waals surface area (Å²) in [6, 6.07) is 5.94. The van der Waals surface area contributed by atoms with Crippen molar-refractivity contribution < 1.29 is 18.0 Å². The molecule has 2 heterocycles. The quantitative estimate of drug-likeness (QED) is 0.821. The van der Waals surface area contributed by atoms with Crippen LogP contribution in [0.5, 0.6) is 0 Å². The van der Waals surface area contributed by atoms with Gasteiger partial charge in [-0.3, -0.25) is 4.79 Å². The molecule has 2 aromatic rings. The summed E-state index contributed by atoms with van der Waals surface area (Å²) in [4.78, 5) is 11.2. The normalized spacial score (nSPS) is 11.8. The monoisotopic (exact) mass is 242 g/mol. The molecule has 2 rings (SSSR count). The molecule has 0 fully saturated rings. The van der Waals surface area contributed by atoms with Crippen LogP contribution in [0.4, 0.5) is 18.9 Å². The van der Waals surface area contributed by atoms with E-state index in [1.165, 1.54) is 22.7 Å². The van der Waals surface area contributed by atoms with E-state index in [4.69, 9.17) is 0 Å². The number of pyridine rings is 1. The standard InChI is InChI=1S/C11H9F3N2O/c1-15-7-3-2-6-16-8(7)4-5-9(16)10(17)11(12,13)14/h2-6,15H,1H3. The molecule has 2 aromatic heterocycles. The molecule has 0 aromatic carbocycles. The van der Waals surface area contributed by atoms with E-state index in [0.717, 1.165) is 0 Å². The second-order valence-corrected chi connectivity index (χ2v) is 3.47. The van der Waals surface area contributed by atoms with Gasteiger partial charge < -0.3 is 9.72 Å². The van der Waals surface area contributed by atoms with Gasteiger partial charge in [0.05, 0.1) is 16.9 Å². The van der Waals surface area contributed by atoms with Crippen molar-refractivity contribution in [1.29, 1.82) is 0 Å². The number of rotatable bonds is 2. The zero-order chi connectivity index (χ0) is 12.6. The molecule has 0 aliphatic rings. The van der Waals surface area contributed by atoms with Gasteiger partial charge in [0.25, 0.3) is 5.78 Å². The Morgan fingerprint density at radius 3 is 2.59 bits per heavy atom. The summed E-state index contributed by atoms with van der Waals surface area (Å²) in [5, 5.41) is 2.85. The Labute approximate surface area is 94.9 Å². The van der Waals surface area contributed by atoms with E-state index in [1.807, 2.05) is 0 Å². The molecule has 17 heavy (non-hydrogen) atoms. The Hall–Kier alpha value is -1.98. The van der Waals surface area contributed by atoms with Crippen LogP contribution in [0.1, 0.15) is 10.5 Å². The zero-order valence-electron chi connectivity index (χ0n) is 8.88. The first-order valence-corrected chi connectivity index (χ1v) is 4.84. The lowest BCUT2D eigenvalue weighted by Gasteiger charge is -2.07. The minimum Gasteiger partial charge on any atom is -0.386 e. The number of anilines is 1. The van der Waals surface area contributed by atoms with Gasteiger partial charge in [0.2, 0.25) is 0 Å². The Morgan fingerprint density at radius 1 is 1.29 bits per heavy atom. The average Bonchev–Trinajstić information content (AvgIpc) is 2.69. The van der Waals surface area contributed by atoms with Gasteiger partial charge in [0, 0.05) is 13.2 Å². The lowest BCUT2D eigenvalue weighted by Crippen LogP contribution is -2.24. The van der Waals surface area contributed by atoms with E-state index in [0.29, 0.717) is 11.2 Å². The molecule has 0 aliphatic carbocycles. The van der Waals surface area contributed by atoms with Crippen LogP contribution in [0.25, 0.3) is 5.52 Å². The number of carbonyl (C=O) groups excluding carboxylic acids is 1. The van der Waals surface area contributed by atoms with Crippen LogP contribution < -0.4 is 5.32 Å². The summed E-state index contributed by atoms with van der Waals surface area (Å²) in [5.74, 6) is -1.84. The number of carbonyl (C=O) groups is 1. The average molecular weight is 242 g/mol. The lowest BCUT2D eigenvalue weighted by atomic mass is 10.3. The number of nitrogens with one attached hydrogen (secondary N) is 1. The highest BCUT2D eigenvalue weighted by atomic mass is 19.4. The molecule has 0 aliphatic heterocycles. The Kier molecular flexibility index (Phi) is 2.57. The molecule has 0 bridgehead atoms. The highest BCUT2D eigenvalue weighted by Crippen LogP contribution is 2.25. The van der Waals surface area contributed by atoms with E-state index in [1.54, 1.807) is 19.2 Å². The van der Waals surface area contributed by atoms with E-state index >= 15 is 0 Å². The minimum absolute atomic E-state index is 0.385. The molecular weight excluding hydrogens is 233 g/mol. The second-order valence-electron chi connectivity index (χ2n) is 3.47. The van der Waals surface area contributed by atoms with Crippen LogP contribution in [-0.2, 0) is 0 Å². The van der Waals surface area contributed by atoms with E-state index in [2.05, 4.69) is 5.32 Å². The number of fused-ring (bicyclic) bond motifs is 1. The lowest BCUT2D eigenvalue weighted by molar-refractivity contribution is -0.0888. The number of halogens is 3. The van der Waals surface area contributed by atoms with Crippen LogP contribution in [0, 0.1) is 0 Å². The van der Waals surface area contributed by atoms with Crippen molar-refractivity contribution in [2.45, 2.75) is 6.18 Å². The molecule has 0 saturated heterocycles. The SMILES string of the molecule is CNc1cccn2c(C(=O)C(F)(F)F)ccc12. The van der Waals surface area contributed by atoms with Crippen molar-refractivity contribution in [1.82, 2.24) is 4.40 Å². The predicted molar refractivity (Wildman–Crippen MR) is 57.3 cm³/mol. The molecule has 90 valence electrons. The molecule has 0 amide bonds. The van der Waals surface area contributed by atoms with Crippen LogP contribution in [0.2, 0.25) is 0 Å². The molecule has 3 nitrogen and oxygen atoms in total. The zero-order valence-corrected chi connectivity index (χ0v) is 8.88. The van der Waals surface area contributed by atoms with Crippen molar-refractivity contribution in [2.24, 2.45) is 0 Å². The summed E-state index contributed by atoms with van der Waals surface area (Å²) < 4.78 is 38.3. The minimum atomic E-state index is -4.86. The van der Waals surface area contributed by atoms with Gasteiger partial charge in [0.1, 0.15) is 0 Å². The first kappa shape index (κ1) is 11.5. The highest BCUT2D eigenvalue weighted by molar-refractivity contribution is 6.00. The molecule has 6 heteroatoms. The van der Waals surface area contributed by atoms with Crippen molar-refractivity contribution >= 4 is 17.0 Å². The molecule has 0 unspecified atom stereocenters. The van der Waals surface area contributed by atoms with Gasteiger partial charge in [-0.15, -0.1) is 0 Å². The molecule has 0 spiro atoms. The van der Waals surface area contributed by atoms with Gasteiger partial charge in [-0.05, 0) is 24.3 Å². The van der Waals surface area contributed by atoms with Gasteiger partial charge >= 0.3 is 6.18 Å². The maximum atomic E-state index is 12.3. The van der Waals surface area contributed by atoms with Crippen molar-refractivity contribution in [3.05, 3.63) is 36.2 Å². The summed E-state index contributed by atoms with van der Waals surface area (Å²) in [6.07, 6.45) is -3.43. The largest absolute Gasteiger partial charge is 0.456 e. The number of Topliss-reactive ketones (excluding diaryl/α,β-unsaturated/α-hetero) is 1. The van der Waals surface area contributed by atoms with E-state index in [9.17, 15) is 18.0 Å². The van der Waals surface area contributed by atoms with Crippen molar-refractivity contribution in [3.8, 4) is 0 Å². The Balaban J connectivity index is 2.62. The number of ketones is 1. The van der Waals surface area contributed by atoms with Gasteiger partial charge in [0.15, 0.2) is 0 Å². The number of nitrogens with zero attached hydrogens (tertiary/aromatic N) is 1. The van der Waals surface area contributed by atoms with Gasteiger partial charge in [-0.2, -0.15) is 13.2 Å². The number of hydrogen-bond donors (Lipinski definition) is 1. The molecule has 0 atom stereocenters. The van der Waals surface area contributed by atoms with Gasteiger partial charge in [-0.1, -0.05) is 0 Å². The Bertz CT molecular complexity index is 572. The molecular formula is C11H9F3N2O. The maximum absolute atomic E-state index is 12.3. The number of aromatic nitrogens is 1. The number of alkyl halides is 3. The topological polar surface area (TPSA) is 33.5 Å². The van der Waals surface area contributed by atoms with Crippen molar-refractivity contribution in [2.75, 3.05) is 12.4 Å². The van der Waals surface area contributed by atoms with Crippen LogP contribution >= 0.6 is 0 Å². The predicted octanol–water partition coefficient (Wildman–Crippen LogP) is 2.73. The molecule has 0 saturated carbocycles. The maximum Gasteiger partial charge on any atom is 0.456 e. The third-order valence-electron chi connectivity index (χ3n) is 2.45. The fourth-order valence-corrected chi connectivity index (χ4v) is 1.68. The first-order valence-electron chi connectivity index (χ1n) is 4.84. The van der Waals surface area contributed by atoms with E-state index in [-0.39, 0.29) is 5.69 Å². The van der Waals surface area contributed by atoms with Crippen LogP contribution in [0.15, 0.2) is 30.5 Å². The first-order chi connectivity index (χ1) is 7.95. The summed E-state index contributed by atoms with van der Waals surface area (Å²) in [5.41, 5.74) is 0.806. The second kappa shape index (κ2) is 3.80. The van der Waals surface area contributed by atoms with E-state index < -0.39 is 12.0 Å². The van der Waals surface area contributed by atoms with Crippen LogP contribution in [0.3, 0.4) is 0 Å². The van der Waals surface area contributed by atoms with Crippen LogP contribution in [-0.4, -0.2) is 23.4 Å². The fourth-order valence-electron chi connectivity index (χ4n) is 1.68. The highest BCUT2D eigenvalue weighted by Gasteiger charge is 2.40. The summed E-state index contributed by atoms with van der Waals surface area (Å²) in [6.45, 7) is 0. The summed E-state index contributed by atoms with van der Waals surface area (Å²) >= 11 is 0. The van der Waals surface area contributed by atoms with Crippen molar-refractivity contribution in [3.63, 3.8) is 0 Å². The third-order valence-corrected chi connectivity index (χ3v) is 2.45. The Morgan fingerprint density at radius 2 is 2.00 bits per heavy atom. The summed E-state index contributed by atoms with van der Waals surface area (Å²) in [7, 11) is 1.66. The third kappa shape index (κ3) is 1.86. The smallest absolute Gasteiger partial charge is 0.386 e. The molecule has 1 N–H and O–H groups in total. The molecule has 0 radical (unpaired) electrons. The van der Waals surface area contributed by atoms with Gasteiger partial charge in [-0.25, -0.2) is 0 Å². The fraction of sp³-hybridized carbons (Fsp3) is 0.182.